The van der Waals surface area contributed by atoms with E-state index in [0.717, 1.165) is 5.56 Å². The van der Waals surface area contributed by atoms with Crippen molar-refractivity contribution in [1.82, 2.24) is 5.32 Å². The van der Waals surface area contributed by atoms with E-state index in [4.69, 9.17) is 5.11 Å². The lowest BCUT2D eigenvalue weighted by molar-refractivity contribution is -0.139. The average Bonchev–Trinajstić information content (AvgIpc) is 2.70. The zero-order chi connectivity index (χ0) is 12.8. The molecule has 1 aromatic heterocycles. The van der Waals surface area contributed by atoms with E-state index in [1.807, 2.05) is 24.6 Å². The van der Waals surface area contributed by atoms with E-state index in [1.165, 1.54) is 11.3 Å². The van der Waals surface area contributed by atoms with Crippen LogP contribution >= 0.6 is 23.1 Å². The number of rotatable bonds is 6. The van der Waals surface area contributed by atoms with Gasteiger partial charge in [-0.2, -0.15) is 11.8 Å². The molecule has 17 heavy (non-hydrogen) atoms. The van der Waals surface area contributed by atoms with Crippen molar-refractivity contribution in [2.45, 2.75) is 19.4 Å². The molecule has 1 unspecified atom stereocenters. The summed E-state index contributed by atoms with van der Waals surface area (Å²) in [6.07, 6.45) is 2.34. The van der Waals surface area contributed by atoms with Crippen LogP contribution in [-0.4, -0.2) is 35.0 Å². The highest BCUT2D eigenvalue weighted by molar-refractivity contribution is 7.98. The summed E-state index contributed by atoms with van der Waals surface area (Å²) in [7, 11) is 0. The van der Waals surface area contributed by atoms with Crippen LogP contribution in [0, 0.1) is 6.92 Å². The molecule has 1 atom stereocenters. The summed E-state index contributed by atoms with van der Waals surface area (Å²) in [4.78, 5) is 23.4. The van der Waals surface area contributed by atoms with Crippen LogP contribution in [0.4, 0.5) is 0 Å². The highest BCUT2D eigenvalue weighted by Gasteiger charge is 2.21. The quantitative estimate of drug-likeness (QED) is 0.832. The fraction of sp³-hybridized carbons (Fsp3) is 0.455. The predicted molar refractivity (Wildman–Crippen MR) is 70.9 cm³/mol. The number of amides is 1. The molecule has 4 nitrogen and oxygen atoms in total. The van der Waals surface area contributed by atoms with Crippen LogP contribution in [0.3, 0.4) is 0 Å². The molecule has 0 saturated heterocycles. The molecule has 6 heteroatoms. The minimum absolute atomic E-state index is 0.300. The van der Waals surface area contributed by atoms with Gasteiger partial charge < -0.3 is 10.4 Å². The van der Waals surface area contributed by atoms with Gasteiger partial charge in [0.2, 0.25) is 0 Å². The normalized spacial score (nSPS) is 12.1. The van der Waals surface area contributed by atoms with Crippen LogP contribution in [0.25, 0.3) is 0 Å². The third kappa shape index (κ3) is 4.05. The Morgan fingerprint density at radius 3 is 2.76 bits per heavy atom. The molecule has 0 aliphatic rings. The summed E-state index contributed by atoms with van der Waals surface area (Å²) >= 11 is 2.89. The molecule has 0 aliphatic carbocycles. The van der Waals surface area contributed by atoms with Crippen molar-refractivity contribution < 1.29 is 14.7 Å². The first-order valence-electron chi connectivity index (χ1n) is 5.13. The van der Waals surface area contributed by atoms with Crippen molar-refractivity contribution in [3.63, 3.8) is 0 Å². The second-order valence-electron chi connectivity index (χ2n) is 3.58. The predicted octanol–water partition coefficient (Wildman–Crippen LogP) is 1.99. The van der Waals surface area contributed by atoms with Gasteiger partial charge in [-0.25, -0.2) is 4.79 Å². The molecular formula is C11H15NO3S2. The molecule has 0 radical (unpaired) electrons. The molecule has 1 heterocycles. The van der Waals surface area contributed by atoms with Gasteiger partial charge in [-0.05, 0) is 42.4 Å². The molecule has 0 bridgehead atoms. The second kappa shape index (κ2) is 6.66. The van der Waals surface area contributed by atoms with Gasteiger partial charge in [0.25, 0.3) is 5.91 Å². The van der Waals surface area contributed by atoms with Crippen molar-refractivity contribution >= 4 is 35.0 Å². The van der Waals surface area contributed by atoms with Crippen LogP contribution in [0.15, 0.2) is 11.4 Å². The lowest BCUT2D eigenvalue weighted by atomic mass is 10.2. The Morgan fingerprint density at radius 2 is 2.29 bits per heavy atom. The summed E-state index contributed by atoms with van der Waals surface area (Å²) in [5.41, 5.74) is 0.876. The SMILES string of the molecule is CSCCC(NC(=O)c1sccc1C)C(=O)O. The van der Waals surface area contributed by atoms with Crippen LogP contribution in [0.2, 0.25) is 0 Å². The van der Waals surface area contributed by atoms with E-state index in [0.29, 0.717) is 17.1 Å². The first-order valence-corrected chi connectivity index (χ1v) is 7.40. The number of aryl methyl sites for hydroxylation is 1. The fourth-order valence-corrected chi connectivity index (χ4v) is 2.62. The van der Waals surface area contributed by atoms with Crippen LogP contribution in [-0.2, 0) is 4.79 Å². The minimum Gasteiger partial charge on any atom is -0.480 e. The number of hydrogen-bond acceptors (Lipinski definition) is 4. The van der Waals surface area contributed by atoms with Crippen molar-refractivity contribution in [3.05, 3.63) is 21.9 Å². The highest BCUT2D eigenvalue weighted by atomic mass is 32.2. The summed E-state index contributed by atoms with van der Waals surface area (Å²) in [6.45, 7) is 1.84. The number of thioether (sulfide) groups is 1. The molecule has 0 spiro atoms. The summed E-state index contributed by atoms with van der Waals surface area (Å²) in [6, 6.07) is 1.04. The molecular weight excluding hydrogens is 258 g/mol. The number of thiophene rings is 1. The molecule has 1 rings (SSSR count). The maximum atomic E-state index is 11.8. The average molecular weight is 273 g/mol. The van der Waals surface area contributed by atoms with E-state index in [-0.39, 0.29) is 5.91 Å². The molecule has 1 aromatic rings. The van der Waals surface area contributed by atoms with E-state index < -0.39 is 12.0 Å². The largest absolute Gasteiger partial charge is 0.480 e. The molecule has 0 aliphatic heterocycles. The van der Waals surface area contributed by atoms with E-state index in [1.54, 1.807) is 11.8 Å². The van der Waals surface area contributed by atoms with Crippen molar-refractivity contribution in [2.24, 2.45) is 0 Å². The number of hydrogen-bond donors (Lipinski definition) is 2. The Bertz CT molecular complexity index is 403. The Balaban J connectivity index is 2.64. The molecule has 0 fully saturated rings. The summed E-state index contributed by atoms with van der Waals surface area (Å²) in [5, 5.41) is 13.4. The standard InChI is InChI=1S/C11H15NO3S2/c1-7-3-6-17-9(7)10(13)12-8(11(14)15)4-5-16-2/h3,6,8H,4-5H2,1-2H3,(H,12,13)(H,14,15). The monoisotopic (exact) mass is 273 g/mol. The molecule has 0 saturated carbocycles. The highest BCUT2D eigenvalue weighted by Crippen LogP contribution is 2.15. The van der Waals surface area contributed by atoms with Gasteiger partial charge in [-0.15, -0.1) is 11.3 Å². The smallest absolute Gasteiger partial charge is 0.326 e. The van der Waals surface area contributed by atoms with Crippen molar-refractivity contribution in [3.8, 4) is 0 Å². The maximum Gasteiger partial charge on any atom is 0.326 e. The van der Waals surface area contributed by atoms with E-state index in [2.05, 4.69) is 5.32 Å². The molecule has 2 N–H and O–H groups in total. The number of nitrogens with one attached hydrogen (secondary N) is 1. The number of carbonyl (C=O) groups is 2. The van der Waals surface area contributed by atoms with Gasteiger partial charge >= 0.3 is 5.97 Å². The Kier molecular flexibility index (Phi) is 5.50. The number of carboxylic acid groups (broad SMARTS) is 1. The van der Waals surface area contributed by atoms with Crippen LogP contribution < -0.4 is 5.32 Å². The van der Waals surface area contributed by atoms with Crippen molar-refractivity contribution in [1.29, 1.82) is 0 Å². The number of aliphatic carboxylic acids is 1. The zero-order valence-corrected chi connectivity index (χ0v) is 11.4. The third-order valence-corrected chi connectivity index (χ3v) is 3.94. The van der Waals surface area contributed by atoms with Gasteiger partial charge in [0.05, 0.1) is 4.88 Å². The van der Waals surface area contributed by atoms with Gasteiger partial charge in [-0.1, -0.05) is 0 Å². The fourth-order valence-electron chi connectivity index (χ4n) is 1.32. The molecule has 94 valence electrons. The van der Waals surface area contributed by atoms with Gasteiger partial charge in [0.1, 0.15) is 6.04 Å². The van der Waals surface area contributed by atoms with Gasteiger partial charge in [0, 0.05) is 0 Å². The topological polar surface area (TPSA) is 66.4 Å². The first kappa shape index (κ1) is 14.1. The number of carbonyl (C=O) groups excluding carboxylic acids is 1. The molecule has 0 aromatic carbocycles. The van der Waals surface area contributed by atoms with Gasteiger partial charge in [0.15, 0.2) is 0 Å². The Labute approximate surface area is 108 Å². The minimum atomic E-state index is -0.985. The molecule has 1 amide bonds. The summed E-state index contributed by atoms with van der Waals surface area (Å²) in [5.74, 6) is -0.576. The van der Waals surface area contributed by atoms with E-state index >= 15 is 0 Å². The lowest BCUT2D eigenvalue weighted by Gasteiger charge is -2.13. The Morgan fingerprint density at radius 1 is 1.59 bits per heavy atom. The van der Waals surface area contributed by atoms with E-state index in [9.17, 15) is 9.59 Å². The van der Waals surface area contributed by atoms with Crippen LogP contribution in [0.1, 0.15) is 21.7 Å². The maximum absolute atomic E-state index is 11.8. The summed E-state index contributed by atoms with van der Waals surface area (Å²) < 4.78 is 0. The second-order valence-corrected chi connectivity index (χ2v) is 5.48. The van der Waals surface area contributed by atoms with Gasteiger partial charge in [-0.3, -0.25) is 4.79 Å². The third-order valence-electron chi connectivity index (χ3n) is 2.28. The zero-order valence-electron chi connectivity index (χ0n) is 9.73. The van der Waals surface area contributed by atoms with Crippen LogP contribution in [0.5, 0.6) is 0 Å². The first-order chi connectivity index (χ1) is 8.06. The van der Waals surface area contributed by atoms with Crippen molar-refractivity contribution in [2.75, 3.05) is 12.0 Å². The number of carboxylic acids is 1. The Hall–Kier alpha value is -1.01. The lowest BCUT2D eigenvalue weighted by Crippen LogP contribution is -2.41.